The van der Waals surface area contributed by atoms with Crippen molar-refractivity contribution < 1.29 is 0 Å². The second-order valence-corrected chi connectivity index (χ2v) is 6.98. The Balaban J connectivity index is 2.63. The van der Waals surface area contributed by atoms with E-state index in [-0.39, 0.29) is 5.54 Å². The summed E-state index contributed by atoms with van der Waals surface area (Å²) in [4.78, 5) is 0. The maximum Gasteiger partial charge on any atom is 0.0628 e. The van der Waals surface area contributed by atoms with Crippen molar-refractivity contribution in [1.29, 1.82) is 0 Å². The van der Waals surface area contributed by atoms with Crippen LogP contribution in [0, 0.1) is 19.8 Å². The van der Waals surface area contributed by atoms with E-state index in [0.717, 1.165) is 25.4 Å². The second kappa shape index (κ2) is 6.56. The van der Waals surface area contributed by atoms with Gasteiger partial charge in [-0.1, -0.05) is 13.8 Å². The van der Waals surface area contributed by atoms with E-state index in [1.165, 1.54) is 23.4 Å². The van der Waals surface area contributed by atoms with Crippen LogP contribution in [0.15, 0.2) is 0 Å². The van der Waals surface area contributed by atoms with Crippen molar-refractivity contribution in [3.63, 3.8) is 0 Å². The van der Waals surface area contributed by atoms with Crippen LogP contribution in [0.25, 0.3) is 0 Å². The molecule has 0 aromatic carbocycles. The zero-order chi connectivity index (χ0) is 14.6. The highest BCUT2D eigenvalue weighted by atomic mass is 15.3. The molecule has 19 heavy (non-hydrogen) atoms. The first kappa shape index (κ1) is 16.2. The molecule has 1 heterocycles. The van der Waals surface area contributed by atoms with Crippen LogP contribution in [-0.4, -0.2) is 21.9 Å². The van der Waals surface area contributed by atoms with Gasteiger partial charge in [-0.15, -0.1) is 0 Å². The maximum atomic E-state index is 4.69. The molecule has 0 atom stereocenters. The van der Waals surface area contributed by atoms with Crippen molar-refractivity contribution in [1.82, 2.24) is 15.1 Å². The largest absolute Gasteiger partial charge is 0.312 e. The summed E-state index contributed by atoms with van der Waals surface area (Å²) in [5.41, 5.74) is 4.14. The predicted octanol–water partition coefficient (Wildman–Crippen LogP) is 3.48. The van der Waals surface area contributed by atoms with Gasteiger partial charge < -0.3 is 5.32 Å². The number of hydrogen-bond acceptors (Lipinski definition) is 2. The number of aromatic nitrogens is 2. The summed E-state index contributed by atoms with van der Waals surface area (Å²) in [6.45, 7) is 17.5. The number of aryl methyl sites for hydroxylation is 2. The minimum atomic E-state index is 0.190. The van der Waals surface area contributed by atoms with Gasteiger partial charge in [-0.05, 0) is 65.5 Å². The summed E-state index contributed by atoms with van der Waals surface area (Å²) in [5, 5.41) is 8.23. The third-order valence-corrected chi connectivity index (χ3v) is 3.48. The first-order valence-corrected chi connectivity index (χ1v) is 7.48. The van der Waals surface area contributed by atoms with Crippen LogP contribution >= 0.6 is 0 Å². The van der Waals surface area contributed by atoms with Crippen molar-refractivity contribution in [3.8, 4) is 0 Å². The number of nitrogens with zero attached hydrogens (tertiary/aromatic N) is 2. The van der Waals surface area contributed by atoms with Gasteiger partial charge >= 0.3 is 0 Å². The zero-order valence-corrected chi connectivity index (χ0v) is 13.8. The van der Waals surface area contributed by atoms with E-state index in [9.17, 15) is 0 Å². The van der Waals surface area contributed by atoms with Crippen molar-refractivity contribution >= 4 is 0 Å². The molecule has 0 unspecified atom stereocenters. The Hall–Kier alpha value is -0.830. The normalized spacial score (nSPS) is 12.4. The fourth-order valence-electron chi connectivity index (χ4n) is 2.26. The molecule has 0 aliphatic carbocycles. The SMILES string of the molecule is Cc1nn(CCC(C)C)c(C)c1CCNC(C)(C)C. The smallest absolute Gasteiger partial charge is 0.0628 e. The first-order valence-electron chi connectivity index (χ1n) is 7.48. The predicted molar refractivity (Wildman–Crippen MR) is 82.6 cm³/mol. The molecule has 0 spiro atoms. The third-order valence-electron chi connectivity index (χ3n) is 3.48. The minimum Gasteiger partial charge on any atom is -0.312 e. The van der Waals surface area contributed by atoms with Crippen LogP contribution < -0.4 is 5.32 Å². The summed E-state index contributed by atoms with van der Waals surface area (Å²) in [5.74, 6) is 0.731. The second-order valence-electron chi connectivity index (χ2n) is 6.98. The van der Waals surface area contributed by atoms with Crippen LogP contribution in [0.5, 0.6) is 0 Å². The molecule has 110 valence electrons. The molecule has 0 saturated heterocycles. The van der Waals surface area contributed by atoms with Crippen molar-refractivity contribution in [2.75, 3.05) is 6.54 Å². The van der Waals surface area contributed by atoms with E-state index < -0.39 is 0 Å². The Kier molecular flexibility index (Phi) is 5.60. The molecule has 0 saturated carbocycles. The van der Waals surface area contributed by atoms with Gasteiger partial charge in [0, 0.05) is 17.8 Å². The summed E-state index contributed by atoms with van der Waals surface area (Å²) in [7, 11) is 0. The van der Waals surface area contributed by atoms with E-state index in [1.807, 2.05) is 0 Å². The number of hydrogen-bond donors (Lipinski definition) is 1. The molecule has 3 nitrogen and oxygen atoms in total. The van der Waals surface area contributed by atoms with E-state index in [2.05, 4.69) is 63.6 Å². The molecular formula is C16H31N3. The van der Waals surface area contributed by atoms with Gasteiger partial charge in [0.05, 0.1) is 5.69 Å². The highest BCUT2D eigenvalue weighted by Gasteiger charge is 2.13. The highest BCUT2D eigenvalue weighted by molar-refractivity contribution is 5.24. The molecule has 0 bridgehead atoms. The third kappa shape index (κ3) is 5.35. The van der Waals surface area contributed by atoms with Crippen LogP contribution in [0.3, 0.4) is 0 Å². The minimum absolute atomic E-state index is 0.190. The zero-order valence-electron chi connectivity index (χ0n) is 13.8. The lowest BCUT2D eigenvalue weighted by molar-refractivity contribution is 0.429. The van der Waals surface area contributed by atoms with E-state index >= 15 is 0 Å². The lowest BCUT2D eigenvalue weighted by atomic mass is 10.1. The molecule has 1 rings (SSSR count). The van der Waals surface area contributed by atoms with Gasteiger partial charge in [0.25, 0.3) is 0 Å². The molecule has 1 aromatic heterocycles. The fraction of sp³-hybridized carbons (Fsp3) is 0.812. The van der Waals surface area contributed by atoms with Crippen molar-refractivity contribution in [2.45, 2.75) is 73.4 Å². The molecule has 0 aliphatic heterocycles. The quantitative estimate of drug-likeness (QED) is 0.853. The summed E-state index contributed by atoms with van der Waals surface area (Å²) < 4.78 is 2.18. The molecule has 0 amide bonds. The van der Waals surface area contributed by atoms with Crippen LogP contribution in [0.4, 0.5) is 0 Å². The Morgan fingerprint density at radius 1 is 1.21 bits per heavy atom. The Bertz CT molecular complexity index is 397. The lowest BCUT2D eigenvalue weighted by Crippen LogP contribution is -2.37. The Morgan fingerprint density at radius 3 is 2.37 bits per heavy atom. The Morgan fingerprint density at radius 2 is 1.84 bits per heavy atom. The van der Waals surface area contributed by atoms with Gasteiger partial charge in [0.2, 0.25) is 0 Å². The number of nitrogens with one attached hydrogen (secondary N) is 1. The number of rotatable bonds is 6. The monoisotopic (exact) mass is 265 g/mol. The summed E-state index contributed by atoms with van der Waals surface area (Å²) in [6.07, 6.45) is 2.26. The summed E-state index contributed by atoms with van der Waals surface area (Å²) in [6, 6.07) is 0. The van der Waals surface area contributed by atoms with Gasteiger partial charge in [-0.2, -0.15) is 5.10 Å². The fourth-order valence-corrected chi connectivity index (χ4v) is 2.26. The molecule has 1 N–H and O–H groups in total. The molecule has 0 aliphatic rings. The topological polar surface area (TPSA) is 29.9 Å². The van der Waals surface area contributed by atoms with E-state index in [4.69, 9.17) is 0 Å². The average molecular weight is 265 g/mol. The maximum absolute atomic E-state index is 4.69. The highest BCUT2D eigenvalue weighted by Crippen LogP contribution is 2.15. The van der Waals surface area contributed by atoms with E-state index in [0.29, 0.717) is 0 Å². The van der Waals surface area contributed by atoms with Gasteiger partial charge in [-0.3, -0.25) is 4.68 Å². The van der Waals surface area contributed by atoms with Crippen molar-refractivity contribution in [3.05, 3.63) is 17.0 Å². The molecule has 3 heteroatoms. The molecule has 1 aromatic rings. The van der Waals surface area contributed by atoms with E-state index in [1.54, 1.807) is 0 Å². The molecule has 0 fully saturated rings. The van der Waals surface area contributed by atoms with Crippen LogP contribution in [-0.2, 0) is 13.0 Å². The first-order chi connectivity index (χ1) is 8.70. The van der Waals surface area contributed by atoms with Crippen molar-refractivity contribution in [2.24, 2.45) is 5.92 Å². The average Bonchev–Trinajstić information content (AvgIpc) is 2.52. The van der Waals surface area contributed by atoms with Gasteiger partial charge in [0.1, 0.15) is 0 Å². The van der Waals surface area contributed by atoms with Gasteiger partial charge in [-0.25, -0.2) is 0 Å². The van der Waals surface area contributed by atoms with Gasteiger partial charge in [0.15, 0.2) is 0 Å². The molecular weight excluding hydrogens is 234 g/mol. The van der Waals surface area contributed by atoms with Crippen LogP contribution in [0.1, 0.15) is 58.0 Å². The lowest BCUT2D eigenvalue weighted by Gasteiger charge is -2.20. The van der Waals surface area contributed by atoms with Crippen LogP contribution in [0.2, 0.25) is 0 Å². The Labute approximate surface area is 118 Å². The molecule has 0 radical (unpaired) electrons. The summed E-state index contributed by atoms with van der Waals surface area (Å²) >= 11 is 0. The standard InChI is InChI=1S/C16H31N3/c1-12(2)9-11-19-14(4)15(13(3)18-19)8-10-17-16(5,6)7/h12,17H,8-11H2,1-7H3.